The molecule has 2 saturated heterocycles. The Labute approximate surface area is 136 Å². The van der Waals surface area contributed by atoms with Crippen molar-refractivity contribution in [1.29, 1.82) is 0 Å². The first kappa shape index (κ1) is 15.0. The van der Waals surface area contributed by atoms with Gasteiger partial charge in [-0.1, -0.05) is 6.42 Å². The third-order valence-electron chi connectivity index (χ3n) is 5.26. The zero-order valence-electron chi connectivity index (χ0n) is 13.5. The van der Waals surface area contributed by atoms with Crippen LogP contribution in [0, 0.1) is 0 Å². The molecule has 1 aromatic rings. The predicted molar refractivity (Wildman–Crippen MR) is 85.5 cm³/mol. The summed E-state index contributed by atoms with van der Waals surface area (Å²) < 4.78 is 17.5. The quantitative estimate of drug-likeness (QED) is 0.804. The summed E-state index contributed by atoms with van der Waals surface area (Å²) in [4.78, 5) is 14.0. The van der Waals surface area contributed by atoms with Gasteiger partial charge in [-0.15, -0.1) is 0 Å². The number of hydrogen-bond acceptors (Lipinski definition) is 4. The lowest BCUT2D eigenvalue weighted by molar-refractivity contribution is -0.190. The molecule has 3 fully saturated rings. The van der Waals surface area contributed by atoms with Crippen LogP contribution in [0.3, 0.4) is 0 Å². The smallest absolute Gasteiger partial charge is 0.229 e. The van der Waals surface area contributed by atoms with Crippen LogP contribution in [0.2, 0.25) is 0 Å². The lowest BCUT2D eigenvalue weighted by Gasteiger charge is -2.43. The summed E-state index contributed by atoms with van der Waals surface area (Å²) in [5, 5.41) is 0. The average molecular weight is 317 g/mol. The zero-order chi connectivity index (χ0) is 15.9. The van der Waals surface area contributed by atoms with Crippen molar-refractivity contribution in [2.75, 3.05) is 18.6 Å². The first-order chi connectivity index (χ1) is 11.2. The molecule has 2 heterocycles. The summed E-state index contributed by atoms with van der Waals surface area (Å²) in [6.45, 7) is 0.588. The van der Waals surface area contributed by atoms with Gasteiger partial charge in [-0.3, -0.25) is 4.79 Å². The number of β-lactam (4-membered cyclic amide) rings is 1. The summed E-state index contributed by atoms with van der Waals surface area (Å²) >= 11 is 0. The Morgan fingerprint density at radius 3 is 2.57 bits per heavy atom. The SMILES string of the molecule is COc1ccc(N2C(=O)C[C@@H]2[C@@H]2COC3(CCCCC3)O2)cc1. The molecule has 0 N–H and O–H groups in total. The third-order valence-corrected chi connectivity index (χ3v) is 5.26. The molecule has 5 heteroatoms. The Hall–Kier alpha value is -1.59. The van der Waals surface area contributed by atoms with E-state index in [1.54, 1.807) is 7.11 Å². The van der Waals surface area contributed by atoms with Crippen LogP contribution in [0.25, 0.3) is 0 Å². The minimum absolute atomic E-state index is 0.0205. The van der Waals surface area contributed by atoms with E-state index in [0.29, 0.717) is 13.0 Å². The van der Waals surface area contributed by atoms with Crippen LogP contribution in [0.4, 0.5) is 5.69 Å². The van der Waals surface area contributed by atoms with Crippen molar-refractivity contribution in [2.24, 2.45) is 0 Å². The van der Waals surface area contributed by atoms with Gasteiger partial charge >= 0.3 is 0 Å². The number of ether oxygens (including phenoxy) is 3. The van der Waals surface area contributed by atoms with Gasteiger partial charge in [0.1, 0.15) is 11.9 Å². The molecule has 1 saturated carbocycles. The second-order valence-electron chi connectivity index (χ2n) is 6.67. The molecule has 1 spiro atoms. The topological polar surface area (TPSA) is 48.0 Å². The molecule has 0 radical (unpaired) electrons. The van der Waals surface area contributed by atoms with Crippen LogP contribution >= 0.6 is 0 Å². The number of rotatable bonds is 3. The van der Waals surface area contributed by atoms with Crippen molar-refractivity contribution in [3.8, 4) is 5.75 Å². The van der Waals surface area contributed by atoms with Crippen molar-refractivity contribution in [3.05, 3.63) is 24.3 Å². The van der Waals surface area contributed by atoms with E-state index < -0.39 is 0 Å². The van der Waals surface area contributed by atoms with E-state index in [2.05, 4.69) is 0 Å². The van der Waals surface area contributed by atoms with Gasteiger partial charge in [0, 0.05) is 18.5 Å². The highest BCUT2D eigenvalue weighted by Crippen LogP contribution is 2.42. The van der Waals surface area contributed by atoms with E-state index in [1.807, 2.05) is 29.2 Å². The number of amides is 1. The number of methoxy groups -OCH3 is 1. The van der Waals surface area contributed by atoms with Crippen LogP contribution in [0.5, 0.6) is 5.75 Å². The Morgan fingerprint density at radius 1 is 1.17 bits per heavy atom. The zero-order valence-corrected chi connectivity index (χ0v) is 13.5. The van der Waals surface area contributed by atoms with Crippen LogP contribution in [-0.2, 0) is 14.3 Å². The van der Waals surface area contributed by atoms with E-state index in [0.717, 1.165) is 24.3 Å². The van der Waals surface area contributed by atoms with E-state index in [4.69, 9.17) is 14.2 Å². The van der Waals surface area contributed by atoms with Crippen molar-refractivity contribution in [3.63, 3.8) is 0 Å². The minimum Gasteiger partial charge on any atom is -0.497 e. The van der Waals surface area contributed by atoms with Crippen LogP contribution in [0.15, 0.2) is 24.3 Å². The number of anilines is 1. The summed E-state index contributed by atoms with van der Waals surface area (Å²) in [7, 11) is 1.64. The largest absolute Gasteiger partial charge is 0.497 e. The maximum Gasteiger partial charge on any atom is 0.229 e. The molecule has 0 bridgehead atoms. The molecule has 5 nitrogen and oxygen atoms in total. The first-order valence-corrected chi connectivity index (χ1v) is 8.49. The Morgan fingerprint density at radius 2 is 1.91 bits per heavy atom. The second kappa shape index (κ2) is 5.80. The van der Waals surface area contributed by atoms with E-state index in [9.17, 15) is 4.79 Å². The number of nitrogens with zero attached hydrogens (tertiary/aromatic N) is 1. The van der Waals surface area contributed by atoms with Gasteiger partial charge in [0.05, 0.1) is 26.2 Å². The molecule has 23 heavy (non-hydrogen) atoms. The van der Waals surface area contributed by atoms with E-state index in [1.165, 1.54) is 19.3 Å². The molecular weight excluding hydrogens is 294 g/mol. The van der Waals surface area contributed by atoms with Gasteiger partial charge in [-0.25, -0.2) is 0 Å². The second-order valence-corrected chi connectivity index (χ2v) is 6.67. The normalized spacial score (nSPS) is 29.6. The molecular formula is C18H23NO4. The standard InChI is InChI=1S/C18H23NO4/c1-21-14-7-5-13(6-8-14)19-15(11-17(19)20)16-12-22-18(23-16)9-3-2-4-10-18/h5-8,15-16H,2-4,9-12H2,1H3/t15-,16+/m1/s1. The van der Waals surface area contributed by atoms with Gasteiger partial charge in [-0.2, -0.15) is 0 Å². The predicted octanol–water partition coefficient (Wildman–Crippen LogP) is 2.88. The number of carbonyl (C=O) groups is 1. The fourth-order valence-electron chi connectivity index (χ4n) is 3.94. The number of benzene rings is 1. The molecule has 3 aliphatic rings. The fraction of sp³-hybridized carbons (Fsp3) is 0.611. The van der Waals surface area contributed by atoms with Crippen molar-refractivity contribution >= 4 is 11.6 Å². The molecule has 1 amide bonds. The van der Waals surface area contributed by atoms with Gasteiger partial charge in [-0.05, 0) is 37.1 Å². The van der Waals surface area contributed by atoms with Gasteiger partial charge in [0.25, 0.3) is 0 Å². The summed E-state index contributed by atoms with van der Waals surface area (Å²) in [5.74, 6) is 0.556. The average Bonchev–Trinajstić information content (AvgIpc) is 2.96. The molecule has 1 aliphatic carbocycles. The highest BCUT2D eigenvalue weighted by Gasteiger charge is 2.51. The first-order valence-electron chi connectivity index (χ1n) is 8.49. The fourth-order valence-corrected chi connectivity index (χ4v) is 3.94. The molecule has 0 aromatic heterocycles. The van der Waals surface area contributed by atoms with Gasteiger partial charge in [0.15, 0.2) is 5.79 Å². The van der Waals surface area contributed by atoms with Crippen LogP contribution in [0.1, 0.15) is 38.5 Å². The van der Waals surface area contributed by atoms with Gasteiger partial charge in [0.2, 0.25) is 5.91 Å². The third kappa shape index (κ3) is 2.62. The maximum absolute atomic E-state index is 12.1. The van der Waals surface area contributed by atoms with Crippen molar-refractivity contribution < 1.29 is 19.0 Å². The van der Waals surface area contributed by atoms with Crippen molar-refractivity contribution in [1.82, 2.24) is 0 Å². The molecule has 2 aliphatic heterocycles. The van der Waals surface area contributed by atoms with Crippen LogP contribution < -0.4 is 9.64 Å². The van der Waals surface area contributed by atoms with E-state index >= 15 is 0 Å². The Balaban J connectivity index is 1.47. The monoisotopic (exact) mass is 317 g/mol. The van der Waals surface area contributed by atoms with Gasteiger partial charge < -0.3 is 19.1 Å². The molecule has 1 aromatic carbocycles. The molecule has 124 valence electrons. The lowest BCUT2D eigenvalue weighted by Crippen LogP contribution is -2.59. The summed E-state index contributed by atoms with van der Waals surface area (Å²) in [6, 6.07) is 7.70. The summed E-state index contributed by atoms with van der Waals surface area (Å²) in [6.07, 6.45) is 6.07. The lowest BCUT2D eigenvalue weighted by atomic mass is 9.93. The number of carbonyl (C=O) groups excluding carboxylic acids is 1. The highest BCUT2D eigenvalue weighted by atomic mass is 16.7. The molecule has 4 rings (SSSR count). The maximum atomic E-state index is 12.1. The Bertz CT molecular complexity index is 579. The van der Waals surface area contributed by atoms with Crippen molar-refractivity contribution in [2.45, 2.75) is 56.5 Å². The van der Waals surface area contributed by atoms with E-state index in [-0.39, 0.29) is 23.8 Å². The molecule has 2 atom stereocenters. The van der Waals surface area contributed by atoms with Crippen LogP contribution in [-0.4, -0.2) is 37.6 Å². The summed E-state index contributed by atoms with van der Waals surface area (Å²) in [5.41, 5.74) is 0.903. The number of hydrogen-bond donors (Lipinski definition) is 0. The molecule has 0 unspecified atom stereocenters. The Kier molecular flexibility index (Phi) is 3.77. The minimum atomic E-state index is -0.382. The highest BCUT2D eigenvalue weighted by molar-refractivity contribution is 6.01.